The Hall–Kier alpha value is -2.45. The normalized spacial score (nSPS) is 19.5. The second-order valence-electron chi connectivity index (χ2n) is 7.73. The Morgan fingerprint density at radius 3 is 2.44 bits per heavy atom. The summed E-state index contributed by atoms with van der Waals surface area (Å²) in [7, 11) is -1.06. The molecule has 190 valence electrons. The number of carbonyl (C=O) groups is 2. The molecular weight excluding hydrogens is 468 g/mol. The van der Waals surface area contributed by atoms with Crippen molar-refractivity contribution in [1.29, 1.82) is 0 Å². The van der Waals surface area contributed by atoms with E-state index in [1.807, 2.05) is 0 Å². The van der Waals surface area contributed by atoms with E-state index in [1.54, 1.807) is 0 Å². The Bertz CT molecular complexity index is 952. The fourth-order valence-corrected chi connectivity index (χ4v) is 5.25. The average Bonchev–Trinajstić information content (AvgIpc) is 3.34. The van der Waals surface area contributed by atoms with Crippen molar-refractivity contribution in [3.05, 3.63) is 18.2 Å². The lowest BCUT2D eigenvalue weighted by molar-refractivity contribution is -0.139. The van der Waals surface area contributed by atoms with Gasteiger partial charge in [-0.15, -0.1) is 0 Å². The van der Waals surface area contributed by atoms with E-state index >= 15 is 0 Å². The van der Waals surface area contributed by atoms with E-state index < -0.39 is 28.1 Å². The first-order valence-corrected chi connectivity index (χ1v) is 12.5. The summed E-state index contributed by atoms with van der Waals surface area (Å²) in [6, 6.07) is 4.28. The van der Waals surface area contributed by atoms with Crippen LogP contribution in [0.3, 0.4) is 0 Å². The lowest BCUT2D eigenvalue weighted by Crippen LogP contribution is -2.47. The van der Waals surface area contributed by atoms with E-state index in [2.05, 4.69) is 15.5 Å². The molecule has 2 saturated heterocycles. The molecule has 34 heavy (non-hydrogen) atoms. The van der Waals surface area contributed by atoms with Gasteiger partial charge in [0.05, 0.1) is 45.5 Å². The predicted molar refractivity (Wildman–Crippen MR) is 121 cm³/mol. The first kappa shape index (κ1) is 26.2. The van der Waals surface area contributed by atoms with Crippen molar-refractivity contribution in [2.24, 2.45) is 0 Å². The highest BCUT2D eigenvalue weighted by Gasteiger charge is 2.37. The van der Waals surface area contributed by atoms with Crippen molar-refractivity contribution < 1.29 is 37.0 Å². The number of benzene rings is 1. The van der Waals surface area contributed by atoms with Gasteiger partial charge in [0, 0.05) is 32.2 Å². The van der Waals surface area contributed by atoms with Crippen LogP contribution < -0.4 is 20.1 Å². The summed E-state index contributed by atoms with van der Waals surface area (Å²) < 4.78 is 48.6. The molecule has 0 unspecified atom stereocenters. The molecule has 2 aliphatic rings. The molecule has 0 aliphatic carbocycles. The number of carbonyl (C=O) groups excluding carboxylic acids is 2. The molecule has 1 aromatic carbocycles. The minimum atomic E-state index is -3.93. The standard InChI is InChI=1S/C21H32N4O8S/c1-30-17-5-4-16(14-18(17)31-2)34(28,29)25-10-13-33-19(25)15-23-21(27)20(26)22-6-3-7-24-8-11-32-12-9-24/h4-5,14,19H,3,6-13,15H2,1-2H3,(H,22,26)(H,23,27)/t19-/m1/s1. The molecule has 1 atom stereocenters. The van der Waals surface area contributed by atoms with Gasteiger partial charge in [0.25, 0.3) is 0 Å². The van der Waals surface area contributed by atoms with Crippen molar-refractivity contribution in [2.45, 2.75) is 17.5 Å². The molecule has 13 heteroatoms. The quantitative estimate of drug-likeness (QED) is 0.306. The van der Waals surface area contributed by atoms with Gasteiger partial charge in [-0.1, -0.05) is 0 Å². The number of sulfonamides is 1. The maximum absolute atomic E-state index is 13.1. The number of nitrogens with zero attached hydrogens (tertiary/aromatic N) is 2. The third kappa shape index (κ3) is 6.57. The van der Waals surface area contributed by atoms with Crippen molar-refractivity contribution in [2.75, 3.05) is 73.3 Å². The predicted octanol–water partition coefficient (Wildman–Crippen LogP) is -0.994. The summed E-state index contributed by atoms with van der Waals surface area (Å²) in [5, 5.41) is 5.04. The number of methoxy groups -OCH3 is 2. The average molecular weight is 501 g/mol. The Morgan fingerprint density at radius 2 is 1.74 bits per heavy atom. The van der Waals surface area contributed by atoms with Crippen molar-refractivity contribution in [3.8, 4) is 11.5 Å². The van der Waals surface area contributed by atoms with E-state index in [0.717, 1.165) is 23.9 Å². The van der Waals surface area contributed by atoms with E-state index in [9.17, 15) is 18.0 Å². The second-order valence-corrected chi connectivity index (χ2v) is 9.62. The maximum atomic E-state index is 13.1. The molecule has 0 spiro atoms. The number of hydrogen-bond acceptors (Lipinski definition) is 9. The number of morpholine rings is 1. The van der Waals surface area contributed by atoms with Gasteiger partial charge >= 0.3 is 11.8 Å². The highest BCUT2D eigenvalue weighted by molar-refractivity contribution is 7.89. The fourth-order valence-electron chi connectivity index (χ4n) is 3.72. The van der Waals surface area contributed by atoms with Gasteiger partial charge in [-0.05, 0) is 25.1 Å². The first-order valence-electron chi connectivity index (χ1n) is 11.1. The van der Waals surface area contributed by atoms with Crippen LogP contribution in [0.5, 0.6) is 11.5 Å². The number of ether oxygens (including phenoxy) is 4. The summed E-state index contributed by atoms with van der Waals surface area (Å²) in [6.07, 6.45) is -0.224. The molecule has 0 bridgehead atoms. The van der Waals surface area contributed by atoms with E-state index in [4.69, 9.17) is 18.9 Å². The first-order chi connectivity index (χ1) is 16.4. The molecule has 2 amide bonds. The second kappa shape index (κ2) is 12.3. The molecule has 2 N–H and O–H groups in total. The summed E-state index contributed by atoms with van der Waals surface area (Å²) in [4.78, 5) is 26.5. The fraction of sp³-hybridized carbons (Fsp3) is 0.619. The number of hydrogen-bond donors (Lipinski definition) is 2. The van der Waals surface area contributed by atoms with Gasteiger partial charge < -0.3 is 29.6 Å². The topological polar surface area (TPSA) is 136 Å². The van der Waals surface area contributed by atoms with Crippen LogP contribution in [0.1, 0.15) is 6.42 Å². The van der Waals surface area contributed by atoms with Crippen LogP contribution in [0.4, 0.5) is 0 Å². The van der Waals surface area contributed by atoms with Gasteiger partial charge in [0.1, 0.15) is 6.23 Å². The van der Waals surface area contributed by atoms with Crippen LogP contribution in [0.15, 0.2) is 23.1 Å². The zero-order valence-electron chi connectivity index (χ0n) is 19.4. The summed E-state index contributed by atoms with van der Waals surface area (Å²) >= 11 is 0. The monoisotopic (exact) mass is 500 g/mol. The minimum absolute atomic E-state index is 0.00462. The molecule has 0 radical (unpaired) electrons. The molecule has 3 rings (SSSR count). The molecule has 2 aliphatic heterocycles. The van der Waals surface area contributed by atoms with Crippen LogP contribution in [0.25, 0.3) is 0 Å². The van der Waals surface area contributed by atoms with Gasteiger partial charge in [-0.25, -0.2) is 8.42 Å². The Balaban J connectivity index is 1.49. The van der Waals surface area contributed by atoms with Gasteiger partial charge in [-0.3, -0.25) is 14.5 Å². The zero-order chi connectivity index (χ0) is 24.6. The van der Waals surface area contributed by atoms with Gasteiger partial charge in [0.15, 0.2) is 11.5 Å². The maximum Gasteiger partial charge on any atom is 0.309 e. The lowest BCUT2D eigenvalue weighted by Gasteiger charge is -2.26. The van der Waals surface area contributed by atoms with Crippen LogP contribution in [-0.4, -0.2) is 109 Å². The van der Waals surface area contributed by atoms with E-state index in [1.165, 1.54) is 32.4 Å². The Morgan fingerprint density at radius 1 is 1.03 bits per heavy atom. The summed E-state index contributed by atoms with van der Waals surface area (Å²) in [6.45, 7) is 4.43. The van der Waals surface area contributed by atoms with Crippen molar-refractivity contribution in [1.82, 2.24) is 19.8 Å². The third-order valence-corrected chi connectivity index (χ3v) is 7.47. The molecular formula is C21H32N4O8S. The van der Waals surface area contributed by atoms with Crippen molar-refractivity contribution >= 4 is 21.8 Å². The molecule has 2 heterocycles. The molecule has 0 aromatic heterocycles. The smallest absolute Gasteiger partial charge is 0.309 e. The SMILES string of the molecule is COc1ccc(S(=O)(=O)N2CCO[C@@H]2CNC(=O)C(=O)NCCCN2CCOCC2)cc1OC. The van der Waals surface area contributed by atoms with Gasteiger partial charge in [0.2, 0.25) is 10.0 Å². The lowest BCUT2D eigenvalue weighted by atomic mass is 10.3. The Labute approximate surface area is 199 Å². The van der Waals surface area contributed by atoms with Crippen molar-refractivity contribution in [3.63, 3.8) is 0 Å². The minimum Gasteiger partial charge on any atom is -0.493 e. The van der Waals surface area contributed by atoms with E-state index in [-0.39, 0.29) is 30.3 Å². The molecule has 12 nitrogen and oxygen atoms in total. The summed E-state index contributed by atoms with van der Waals surface area (Å²) in [5.74, 6) is -0.933. The number of nitrogens with one attached hydrogen (secondary N) is 2. The van der Waals surface area contributed by atoms with Crippen LogP contribution in [0.2, 0.25) is 0 Å². The molecule has 1 aromatic rings. The highest BCUT2D eigenvalue weighted by atomic mass is 32.2. The molecule has 2 fully saturated rings. The number of rotatable bonds is 10. The number of amides is 2. The zero-order valence-corrected chi connectivity index (χ0v) is 20.3. The van der Waals surface area contributed by atoms with Gasteiger partial charge in [-0.2, -0.15) is 4.31 Å². The van der Waals surface area contributed by atoms with Crippen LogP contribution in [0, 0.1) is 0 Å². The third-order valence-electron chi connectivity index (χ3n) is 5.59. The summed E-state index contributed by atoms with van der Waals surface area (Å²) in [5.41, 5.74) is 0. The van der Waals surface area contributed by atoms with Crippen LogP contribution in [-0.2, 0) is 29.1 Å². The van der Waals surface area contributed by atoms with E-state index in [0.29, 0.717) is 31.9 Å². The van der Waals surface area contributed by atoms with Crippen LogP contribution >= 0.6 is 0 Å². The Kier molecular flexibility index (Phi) is 9.47. The molecule has 0 saturated carbocycles. The highest BCUT2D eigenvalue weighted by Crippen LogP contribution is 2.31. The largest absolute Gasteiger partial charge is 0.493 e.